The molecule has 192 valence electrons. The summed E-state index contributed by atoms with van der Waals surface area (Å²) in [5.41, 5.74) is 2.33. The van der Waals surface area contributed by atoms with Gasteiger partial charge in [-0.25, -0.2) is 8.42 Å². The summed E-state index contributed by atoms with van der Waals surface area (Å²) in [6.07, 6.45) is 0.0533. The Morgan fingerprint density at radius 2 is 1.89 bits per heavy atom. The molecule has 10 heteroatoms. The molecule has 2 heterocycles. The number of para-hydroxylation sites is 1. The molecule has 2 saturated heterocycles. The summed E-state index contributed by atoms with van der Waals surface area (Å²) in [7, 11) is -1.68. The normalized spacial score (nSPS) is 21.2. The number of hydrogen-bond acceptors (Lipinski definition) is 6. The molecule has 1 amide bonds. The van der Waals surface area contributed by atoms with Gasteiger partial charge in [0.15, 0.2) is 20.8 Å². The first-order valence-corrected chi connectivity index (χ1v) is 14.7. The molecule has 0 saturated carbocycles. The van der Waals surface area contributed by atoms with Gasteiger partial charge in [0, 0.05) is 15.8 Å². The molecular formula is C27H25ClN2O5S2. The number of rotatable bonds is 6. The van der Waals surface area contributed by atoms with Gasteiger partial charge in [-0.2, -0.15) is 4.99 Å². The van der Waals surface area contributed by atoms with Gasteiger partial charge in [0.05, 0.1) is 36.8 Å². The average molecular weight is 557 g/mol. The van der Waals surface area contributed by atoms with Gasteiger partial charge in [-0.05, 0) is 48.9 Å². The van der Waals surface area contributed by atoms with Crippen LogP contribution >= 0.6 is 23.4 Å². The third kappa shape index (κ3) is 5.63. The van der Waals surface area contributed by atoms with Crippen molar-refractivity contribution >= 4 is 50.0 Å². The number of benzene rings is 3. The number of anilines is 1. The van der Waals surface area contributed by atoms with Crippen LogP contribution in [-0.2, 0) is 21.1 Å². The van der Waals surface area contributed by atoms with Crippen LogP contribution in [0.25, 0.3) is 0 Å². The highest BCUT2D eigenvalue weighted by atomic mass is 35.5. The lowest BCUT2D eigenvalue weighted by Crippen LogP contribution is -2.38. The number of halogens is 1. The minimum atomic E-state index is -3.24. The lowest BCUT2D eigenvalue weighted by atomic mass is 10.1. The topological polar surface area (TPSA) is 85.3 Å². The number of aryl methyl sites for hydroxylation is 1. The first kappa shape index (κ1) is 25.6. The quantitative estimate of drug-likeness (QED) is 0.407. The number of carbonyl (C=O) groups is 1. The fourth-order valence-corrected chi connectivity index (χ4v) is 8.67. The van der Waals surface area contributed by atoms with E-state index in [2.05, 4.69) is 4.99 Å². The van der Waals surface area contributed by atoms with Crippen molar-refractivity contribution in [3.8, 4) is 17.2 Å². The molecule has 0 N–H and O–H groups in total. The van der Waals surface area contributed by atoms with Crippen molar-refractivity contribution in [2.24, 2.45) is 4.99 Å². The Balaban J connectivity index is 1.53. The zero-order chi connectivity index (χ0) is 26.2. The molecule has 2 aliphatic rings. The summed E-state index contributed by atoms with van der Waals surface area (Å²) >= 11 is 7.69. The van der Waals surface area contributed by atoms with Crippen LogP contribution in [0.4, 0.5) is 5.69 Å². The highest BCUT2D eigenvalue weighted by Gasteiger charge is 2.50. The number of fused-ring (bicyclic) bond motifs is 1. The van der Waals surface area contributed by atoms with E-state index in [9.17, 15) is 13.2 Å². The monoisotopic (exact) mass is 556 g/mol. The SMILES string of the molecule is COc1ccccc1CC(=O)N=C1S[C@H]2CS(=O)(=O)C[C@H]2N1c1cc(Cl)ccc1Oc1cccc(C)c1. The third-order valence-electron chi connectivity index (χ3n) is 6.22. The smallest absolute Gasteiger partial charge is 0.252 e. The predicted octanol–water partition coefficient (Wildman–Crippen LogP) is 5.29. The Bertz CT molecular complexity index is 1490. The van der Waals surface area contributed by atoms with Crippen LogP contribution in [0.3, 0.4) is 0 Å². The van der Waals surface area contributed by atoms with E-state index in [4.69, 9.17) is 21.1 Å². The van der Waals surface area contributed by atoms with Crippen LogP contribution in [0.1, 0.15) is 11.1 Å². The van der Waals surface area contributed by atoms with E-state index in [0.717, 1.165) is 11.1 Å². The van der Waals surface area contributed by atoms with Crippen LogP contribution in [0.2, 0.25) is 5.02 Å². The number of aliphatic imine (C=N–C) groups is 1. The lowest BCUT2D eigenvalue weighted by Gasteiger charge is -2.27. The summed E-state index contributed by atoms with van der Waals surface area (Å²) in [4.78, 5) is 19.3. The second-order valence-corrected chi connectivity index (χ2v) is 12.8. The van der Waals surface area contributed by atoms with E-state index in [-0.39, 0.29) is 29.1 Å². The van der Waals surface area contributed by atoms with Gasteiger partial charge in [-0.1, -0.05) is 53.7 Å². The minimum Gasteiger partial charge on any atom is -0.496 e. The molecule has 37 heavy (non-hydrogen) atoms. The minimum absolute atomic E-state index is 0.0210. The maximum atomic E-state index is 13.1. The van der Waals surface area contributed by atoms with Gasteiger partial charge in [0.1, 0.15) is 11.5 Å². The molecule has 0 bridgehead atoms. The highest BCUT2D eigenvalue weighted by Crippen LogP contribution is 2.45. The van der Waals surface area contributed by atoms with E-state index in [1.54, 1.807) is 36.3 Å². The van der Waals surface area contributed by atoms with E-state index >= 15 is 0 Å². The molecule has 0 unspecified atom stereocenters. The summed E-state index contributed by atoms with van der Waals surface area (Å²) < 4.78 is 36.6. The standard InChI is InChI=1S/C27H25ClN2O5S2/c1-17-6-5-8-20(12-17)35-24-11-10-19(28)14-21(24)30-22-15-37(32,33)16-25(22)36-27(30)29-26(31)13-18-7-3-4-9-23(18)34-2/h3-12,14,22,25H,13,15-16H2,1-2H3/t22-,25+/m1/s1. The Morgan fingerprint density at radius 1 is 1.08 bits per heavy atom. The molecular weight excluding hydrogens is 532 g/mol. The first-order valence-electron chi connectivity index (χ1n) is 11.7. The number of ether oxygens (including phenoxy) is 2. The maximum Gasteiger partial charge on any atom is 0.252 e. The van der Waals surface area contributed by atoms with Crippen LogP contribution < -0.4 is 14.4 Å². The number of methoxy groups -OCH3 is 1. The molecule has 3 aromatic rings. The van der Waals surface area contributed by atoms with Gasteiger partial charge in [0.2, 0.25) is 0 Å². The largest absolute Gasteiger partial charge is 0.496 e. The van der Waals surface area contributed by atoms with Crippen molar-refractivity contribution in [3.05, 3.63) is 82.9 Å². The van der Waals surface area contributed by atoms with Crippen molar-refractivity contribution in [3.63, 3.8) is 0 Å². The molecule has 5 rings (SSSR count). The van der Waals surface area contributed by atoms with Crippen molar-refractivity contribution in [1.82, 2.24) is 0 Å². The fraction of sp³-hybridized carbons (Fsp3) is 0.259. The molecule has 7 nitrogen and oxygen atoms in total. The molecule has 2 atom stereocenters. The lowest BCUT2D eigenvalue weighted by molar-refractivity contribution is -0.117. The zero-order valence-corrected chi connectivity index (χ0v) is 22.6. The van der Waals surface area contributed by atoms with Crippen molar-refractivity contribution in [2.75, 3.05) is 23.5 Å². The Labute approximate surface area is 225 Å². The number of amidine groups is 1. The summed E-state index contributed by atoms with van der Waals surface area (Å²) in [5, 5.41) is 0.635. The molecule has 2 fully saturated rings. The van der Waals surface area contributed by atoms with Gasteiger partial charge >= 0.3 is 0 Å². The molecule has 3 aromatic carbocycles. The van der Waals surface area contributed by atoms with Crippen LogP contribution in [0, 0.1) is 6.92 Å². The van der Waals surface area contributed by atoms with Crippen molar-refractivity contribution in [1.29, 1.82) is 0 Å². The average Bonchev–Trinajstić information content (AvgIpc) is 3.31. The molecule has 0 spiro atoms. The number of hydrogen-bond donors (Lipinski definition) is 0. The molecule has 0 radical (unpaired) electrons. The number of thioether (sulfide) groups is 1. The van der Waals surface area contributed by atoms with Gasteiger partial charge in [-0.15, -0.1) is 0 Å². The second-order valence-electron chi connectivity index (χ2n) is 8.98. The van der Waals surface area contributed by atoms with E-state index < -0.39 is 15.9 Å². The summed E-state index contributed by atoms with van der Waals surface area (Å²) in [6.45, 7) is 1.97. The number of sulfone groups is 1. The Kier molecular flexibility index (Phi) is 7.20. The zero-order valence-electron chi connectivity index (χ0n) is 20.3. The van der Waals surface area contributed by atoms with Gasteiger partial charge in [0.25, 0.3) is 5.91 Å². The van der Waals surface area contributed by atoms with E-state index in [1.165, 1.54) is 11.8 Å². The van der Waals surface area contributed by atoms with Gasteiger partial charge < -0.3 is 14.4 Å². The third-order valence-corrected chi connectivity index (χ3v) is 9.66. The number of carbonyl (C=O) groups excluding carboxylic acids is 1. The number of amides is 1. The Hall–Kier alpha value is -3.01. The first-order chi connectivity index (χ1) is 17.7. The number of nitrogens with zero attached hydrogens (tertiary/aromatic N) is 2. The predicted molar refractivity (Wildman–Crippen MR) is 148 cm³/mol. The Morgan fingerprint density at radius 3 is 2.68 bits per heavy atom. The maximum absolute atomic E-state index is 13.1. The van der Waals surface area contributed by atoms with Crippen molar-refractivity contribution in [2.45, 2.75) is 24.6 Å². The highest BCUT2D eigenvalue weighted by molar-refractivity contribution is 8.16. The summed E-state index contributed by atoms with van der Waals surface area (Å²) in [6, 6.07) is 19.7. The fourth-order valence-electron chi connectivity index (χ4n) is 4.58. The molecule has 0 aromatic heterocycles. The van der Waals surface area contributed by atoms with Crippen molar-refractivity contribution < 1.29 is 22.7 Å². The molecule has 2 aliphatic heterocycles. The van der Waals surface area contributed by atoms with E-state index in [0.29, 0.717) is 33.1 Å². The molecule has 0 aliphatic carbocycles. The van der Waals surface area contributed by atoms with Crippen LogP contribution in [-0.4, -0.2) is 49.4 Å². The van der Waals surface area contributed by atoms with Crippen LogP contribution in [0.15, 0.2) is 71.7 Å². The summed E-state index contributed by atoms with van der Waals surface area (Å²) in [5.74, 6) is 1.36. The second kappa shape index (κ2) is 10.4. The van der Waals surface area contributed by atoms with Crippen LogP contribution in [0.5, 0.6) is 17.2 Å². The van der Waals surface area contributed by atoms with E-state index in [1.807, 2.05) is 49.4 Å². The van der Waals surface area contributed by atoms with Gasteiger partial charge in [-0.3, -0.25) is 4.79 Å².